The lowest BCUT2D eigenvalue weighted by molar-refractivity contribution is -0.126. The van der Waals surface area contributed by atoms with E-state index < -0.39 is 12.0 Å². The maximum atomic E-state index is 13.6. The van der Waals surface area contributed by atoms with Crippen LogP contribution >= 0.6 is 0 Å². The van der Waals surface area contributed by atoms with Gasteiger partial charge < -0.3 is 20.6 Å². The van der Waals surface area contributed by atoms with Gasteiger partial charge in [0.2, 0.25) is 11.8 Å². The number of nitrogens with one attached hydrogen (secondary N) is 2. The average molecular weight is 488 g/mol. The van der Waals surface area contributed by atoms with Crippen molar-refractivity contribution in [2.45, 2.75) is 101 Å². The summed E-state index contributed by atoms with van der Waals surface area (Å²) < 4.78 is 27.2. The number of rotatable bonds is 5. The fraction of sp³-hybridized carbons (Fsp3) is 0.630. The van der Waals surface area contributed by atoms with Crippen LogP contribution in [0.15, 0.2) is 30.5 Å². The van der Waals surface area contributed by atoms with Gasteiger partial charge in [-0.25, -0.2) is 8.78 Å². The van der Waals surface area contributed by atoms with E-state index >= 15 is 0 Å². The minimum atomic E-state index is -2.54. The van der Waals surface area contributed by atoms with Crippen molar-refractivity contribution in [3.63, 3.8) is 0 Å². The van der Waals surface area contributed by atoms with Crippen molar-refractivity contribution in [2.75, 3.05) is 0 Å². The lowest BCUT2D eigenvalue weighted by atomic mass is 9.78. The van der Waals surface area contributed by atoms with Crippen molar-refractivity contribution >= 4 is 11.8 Å². The Labute approximate surface area is 205 Å². The van der Waals surface area contributed by atoms with Gasteiger partial charge in [0.25, 0.3) is 5.91 Å². The molecule has 1 unspecified atom stereocenters. The predicted molar refractivity (Wildman–Crippen MR) is 128 cm³/mol. The molecule has 2 saturated carbocycles. The third-order valence-corrected chi connectivity index (χ3v) is 8.32. The van der Waals surface area contributed by atoms with E-state index in [1.54, 1.807) is 4.90 Å². The van der Waals surface area contributed by atoms with Crippen molar-refractivity contribution in [1.82, 2.24) is 15.5 Å². The highest BCUT2D eigenvalue weighted by molar-refractivity contribution is 6.01. The lowest BCUT2D eigenvalue weighted by Gasteiger charge is -2.39. The number of carbonyl (C=O) groups is 2. The highest BCUT2D eigenvalue weighted by Gasteiger charge is 2.39. The Morgan fingerprint density at radius 1 is 1.14 bits per heavy atom. The highest BCUT2D eigenvalue weighted by atomic mass is 19.3. The summed E-state index contributed by atoms with van der Waals surface area (Å²) >= 11 is 0. The first kappa shape index (κ1) is 24.4. The molecule has 0 radical (unpaired) electrons. The van der Waals surface area contributed by atoms with Gasteiger partial charge >= 0.3 is 0 Å². The van der Waals surface area contributed by atoms with Crippen LogP contribution in [0.3, 0.4) is 0 Å². The summed E-state index contributed by atoms with van der Waals surface area (Å²) in [6.07, 6.45) is 4.72. The number of benzene rings is 1. The molecular weight excluding hydrogens is 452 g/mol. The molecule has 8 heteroatoms. The van der Waals surface area contributed by atoms with E-state index in [0.29, 0.717) is 49.9 Å². The Balaban J connectivity index is 1.26. The van der Waals surface area contributed by atoms with Gasteiger partial charge in [-0.15, -0.1) is 0 Å². The zero-order valence-corrected chi connectivity index (χ0v) is 20.1. The third kappa shape index (κ3) is 5.28. The molecule has 0 bridgehead atoms. The topological polar surface area (TPSA) is 81.7 Å². The molecule has 1 saturated heterocycles. The molecule has 5 rings (SSSR count). The first-order chi connectivity index (χ1) is 16.7. The minimum Gasteiger partial charge on any atom is -0.393 e. The van der Waals surface area contributed by atoms with E-state index in [9.17, 15) is 23.5 Å². The number of hydrogen-bond acceptors (Lipinski definition) is 4. The number of aliphatic hydroxyl groups is 1. The zero-order valence-electron chi connectivity index (χ0n) is 20.1. The summed E-state index contributed by atoms with van der Waals surface area (Å²) in [6.45, 7) is 4.23. The standard InChI is InChI=1S/C27H35F2N3O3/c1-16-2-7-24(25(34)30-16)32-15-19-13-17(3-5-22(19)26(32)35)12-18-14-21(33)4-6-23(18)31-20-8-10-27(28,29)11-9-20/h3,5,13,18,20-21,23-24,31,33H,1-2,4,6-12,14-15H2,(H,30,34)/t18-,21-,23-,24?/m0/s1. The largest absolute Gasteiger partial charge is 0.393 e. The van der Waals surface area contributed by atoms with Gasteiger partial charge in [0.1, 0.15) is 6.04 Å². The Hall–Kier alpha value is -2.32. The van der Waals surface area contributed by atoms with Crippen molar-refractivity contribution in [3.05, 3.63) is 47.2 Å². The van der Waals surface area contributed by atoms with Gasteiger partial charge in [-0.1, -0.05) is 18.7 Å². The Morgan fingerprint density at radius 2 is 1.91 bits per heavy atom. The SMILES string of the molecule is C=C1CCC(N2Cc3cc(C[C@H]4C[C@@H](O)CC[C@@H]4NC4CCC(F)(F)CC4)ccc3C2=O)C(=O)N1. The smallest absolute Gasteiger partial charge is 0.255 e. The van der Waals surface area contributed by atoms with Crippen LogP contribution in [0.1, 0.15) is 79.3 Å². The molecule has 2 heterocycles. The van der Waals surface area contributed by atoms with Gasteiger partial charge in [-0.2, -0.15) is 0 Å². The molecule has 2 amide bonds. The van der Waals surface area contributed by atoms with E-state index in [-0.39, 0.29) is 48.8 Å². The first-order valence-corrected chi connectivity index (χ1v) is 12.9. The van der Waals surface area contributed by atoms with Crippen LogP contribution in [-0.2, 0) is 17.8 Å². The number of amides is 2. The maximum absolute atomic E-state index is 13.6. The van der Waals surface area contributed by atoms with Crippen LogP contribution in [0, 0.1) is 5.92 Å². The summed E-state index contributed by atoms with van der Waals surface area (Å²) in [7, 11) is 0. The third-order valence-electron chi connectivity index (χ3n) is 8.32. The molecule has 35 heavy (non-hydrogen) atoms. The summed E-state index contributed by atoms with van der Waals surface area (Å²) in [4.78, 5) is 27.1. The number of allylic oxidation sites excluding steroid dienone is 1. The molecule has 3 N–H and O–H groups in total. The van der Waals surface area contributed by atoms with Crippen LogP contribution in [0.5, 0.6) is 0 Å². The van der Waals surface area contributed by atoms with Crippen LogP contribution in [0.25, 0.3) is 0 Å². The number of nitrogens with zero attached hydrogens (tertiary/aromatic N) is 1. The van der Waals surface area contributed by atoms with Crippen molar-refractivity contribution < 1.29 is 23.5 Å². The second-order valence-corrected chi connectivity index (χ2v) is 10.9. The normalized spacial score (nSPS) is 31.4. The first-order valence-electron chi connectivity index (χ1n) is 12.9. The molecule has 0 aromatic heterocycles. The van der Waals surface area contributed by atoms with Crippen LogP contribution in [0.4, 0.5) is 8.78 Å². The second-order valence-electron chi connectivity index (χ2n) is 10.9. The summed E-state index contributed by atoms with van der Waals surface area (Å²) in [5, 5.41) is 16.8. The number of carbonyl (C=O) groups excluding carboxylic acids is 2. The minimum absolute atomic E-state index is 0.0623. The fourth-order valence-corrected chi connectivity index (χ4v) is 6.33. The van der Waals surface area contributed by atoms with Crippen LogP contribution < -0.4 is 10.6 Å². The number of aliphatic hydroxyl groups excluding tert-OH is 1. The Bertz CT molecular complexity index is 1000. The number of hydrogen-bond donors (Lipinski definition) is 3. The van der Waals surface area contributed by atoms with Gasteiger partial charge in [0, 0.05) is 42.7 Å². The van der Waals surface area contributed by atoms with E-state index in [2.05, 4.69) is 23.3 Å². The number of alkyl halides is 2. The quantitative estimate of drug-likeness (QED) is 0.592. The van der Waals surface area contributed by atoms with E-state index in [4.69, 9.17) is 0 Å². The van der Waals surface area contributed by atoms with Gasteiger partial charge in [0.05, 0.1) is 6.10 Å². The van der Waals surface area contributed by atoms with Gasteiger partial charge in [-0.05, 0) is 74.5 Å². The predicted octanol–water partition coefficient (Wildman–Crippen LogP) is 3.67. The molecule has 2 aliphatic heterocycles. The Kier molecular flexibility index (Phi) is 6.70. The molecule has 3 fully saturated rings. The fourth-order valence-electron chi connectivity index (χ4n) is 6.33. The van der Waals surface area contributed by atoms with Gasteiger partial charge in [-0.3, -0.25) is 9.59 Å². The molecule has 4 atom stereocenters. The number of piperidine rings is 1. The second kappa shape index (κ2) is 9.62. The van der Waals surface area contributed by atoms with Crippen LogP contribution in [-0.4, -0.2) is 52.0 Å². The number of fused-ring (bicyclic) bond motifs is 1. The molecule has 2 aliphatic carbocycles. The van der Waals surface area contributed by atoms with Gasteiger partial charge in [0.15, 0.2) is 0 Å². The summed E-state index contributed by atoms with van der Waals surface area (Å²) in [5.74, 6) is -2.63. The number of halogens is 2. The van der Waals surface area contributed by atoms with Crippen molar-refractivity contribution in [2.24, 2.45) is 5.92 Å². The van der Waals surface area contributed by atoms with E-state index in [1.165, 1.54) is 0 Å². The molecule has 4 aliphatic rings. The molecule has 1 aromatic carbocycles. The summed E-state index contributed by atoms with van der Waals surface area (Å²) in [6, 6.07) is 5.70. The molecule has 0 spiro atoms. The lowest BCUT2D eigenvalue weighted by Crippen LogP contribution is -2.49. The average Bonchev–Trinajstić information content (AvgIpc) is 3.12. The Morgan fingerprint density at radius 3 is 2.66 bits per heavy atom. The molecule has 190 valence electrons. The summed E-state index contributed by atoms with van der Waals surface area (Å²) in [5.41, 5.74) is 3.37. The van der Waals surface area contributed by atoms with Crippen molar-refractivity contribution in [3.8, 4) is 0 Å². The van der Waals surface area contributed by atoms with Crippen LogP contribution in [0.2, 0.25) is 0 Å². The molecular formula is C27H35F2N3O3. The highest BCUT2D eigenvalue weighted by Crippen LogP contribution is 2.36. The van der Waals surface area contributed by atoms with E-state index in [1.807, 2.05) is 12.1 Å². The molecule has 6 nitrogen and oxygen atoms in total. The monoisotopic (exact) mass is 487 g/mol. The van der Waals surface area contributed by atoms with E-state index in [0.717, 1.165) is 30.4 Å². The zero-order chi connectivity index (χ0) is 24.7. The van der Waals surface area contributed by atoms with Crippen molar-refractivity contribution in [1.29, 1.82) is 0 Å². The maximum Gasteiger partial charge on any atom is 0.255 e. The molecule has 1 aromatic rings.